The van der Waals surface area contributed by atoms with Crippen molar-refractivity contribution in [1.29, 1.82) is 0 Å². The fraction of sp³-hybridized carbons (Fsp3) is 0.400. The van der Waals surface area contributed by atoms with E-state index >= 15 is 0 Å². The maximum atomic E-state index is 6.39. The molecule has 0 amide bonds. The lowest BCUT2D eigenvalue weighted by molar-refractivity contribution is 0.304. The largest absolute Gasteiger partial charge is 0.494 e. The Morgan fingerprint density at radius 2 is 0.583 bits per heavy atom. The van der Waals surface area contributed by atoms with Gasteiger partial charge >= 0.3 is 0 Å². The van der Waals surface area contributed by atoms with Gasteiger partial charge in [0.15, 0.2) is 0 Å². The van der Waals surface area contributed by atoms with Crippen molar-refractivity contribution in [1.82, 2.24) is 9.97 Å². The molecule has 1 heterocycles. The Balaban J connectivity index is 0.855. The molecule has 11 aromatic rings. The van der Waals surface area contributed by atoms with Crippen LogP contribution in [0, 0.1) is 0 Å². The Bertz CT molecular complexity index is 3640. The minimum absolute atomic E-state index is 0.745. The zero-order valence-electron chi connectivity index (χ0n) is 50.9. The van der Waals surface area contributed by atoms with Crippen LogP contribution in [0.25, 0.3) is 109 Å². The van der Waals surface area contributed by atoms with Gasteiger partial charge in [-0.2, -0.15) is 0 Å². The molecule has 1 aromatic heterocycles. The normalized spacial score (nSPS) is 11.9. The predicted octanol–water partition coefficient (Wildman–Crippen LogP) is 24.8. The summed E-state index contributed by atoms with van der Waals surface area (Å²) in [5.41, 5.74) is 8.06. The van der Waals surface area contributed by atoms with Gasteiger partial charge in [-0.1, -0.05) is 302 Å². The van der Waals surface area contributed by atoms with E-state index in [0.717, 1.165) is 92.6 Å². The Labute approximate surface area is 501 Å². The number of nitrogens with zero attached hydrogens (tertiary/aromatic N) is 2. The number of rotatable bonds is 34. The highest BCUT2D eigenvalue weighted by atomic mass is 16.5. The molecule has 0 unspecified atom stereocenters. The van der Waals surface area contributed by atoms with Gasteiger partial charge in [0.1, 0.15) is 11.5 Å². The first kappa shape index (κ1) is 58.7. The molecule has 0 atom stereocenters. The van der Waals surface area contributed by atoms with E-state index in [1.54, 1.807) is 0 Å². The molecule has 434 valence electrons. The van der Waals surface area contributed by atoms with Crippen LogP contribution >= 0.6 is 0 Å². The predicted molar refractivity (Wildman–Crippen MR) is 365 cm³/mol. The lowest BCUT2D eigenvalue weighted by Gasteiger charge is -2.18. The third kappa shape index (κ3) is 14.4. The number of aromatic nitrogens is 2. The number of unbranched alkanes of at least 4 members (excludes halogenated alkanes) is 26. The second-order valence-electron chi connectivity index (χ2n) is 24.5. The van der Waals surface area contributed by atoms with Crippen LogP contribution < -0.4 is 9.47 Å². The van der Waals surface area contributed by atoms with Crippen LogP contribution in [0.3, 0.4) is 0 Å². The van der Waals surface area contributed by atoms with Crippen LogP contribution in [0.4, 0.5) is 0 Å². The first-order valence-corrected chi connectivity index (χ1v) is 33.4. The Hall–Kier alpha value is -7.04. The summed E-state index contributed by atoms with van der Waals surface area (Å²) in [5.74, 6) is 1.83. The summed E-state index contributed by atoms with van der Waals surface area (Å²) in [4.78, 5) is 11.5. The van der Waals surface area contributed by atoms with E-state index in [0.29, 0.717) is 0 Å². The van der Waals surface area contributed by atoms with Gasteiger partial charge in [-0.05, 0) is 115 Å². The lowest BCUT2D eigenvalue weighted by atomic mass is 9.88. The highest BCUT2D eigenvalue weighted by Crippen LogP contribution is 2.46. The van der Waals surface area contributed by atoms with Gasteiger partial charge in [0.25, 0.3) is 0 Å². The molecule has 0 saturated heterocycles. The molecule has 4 heteroatoms. The summed E-state index contributed by atoms with van der Waals surface area (Å²) in [6.45, 7) is 6.09. The highest BCUT2D eigenvalue weighted by molar-refractivity contribution is 6.40. The van der Waals surface area contributed by atoms with Gasteiger partial charge in [-0.25, -0.2) is 9.97 Å². The first-order chi connectivity index (χ1) is 41.7. The third-order valence-electron chi connectivity index (χ3n) is 18.2. The molecule has 0 N–H and O–H groups in total. The second-order valence-corrected chi connectivity index (χ2v) is 24.5. The van der Waals surface area contributed by atoms with E-state index in [2.05, 4.69) is 172 Å². The topological polar surface area (TPSA) is 44.2 Å². The summed E-state index contributed by atoms with van der Waals surface area (Å²) < 4.78 is 12.8. The number of hydrogen-bond acceptors (Lipinski definition) is 4. The fourth-order valence-electron chi connectivity index (χ4n) is 13.5. The summed E-state index contributed by atoms with van der Waals surface area (Å²) in [5, 5.41) is 14.6. The van der Waals surface area contributed by atoms with Crippen LogP contribution in [-0.4, -0.2) is 23.2 Å². The minimum Gasteiger partial charge on any atom is -0.494 e. The van der Waals surface area contributed by atoms with E-state index < -0.39 is 0 Å². The van der Waals surface area contributed by atoms with Crippen molar-refractivity contribution in [3.8, 4) is 33.8 Å². The maximum absolute atomic E-state index is 6.39. The average Bonchev–Trinajstić information content (AvgIpc) is 0.854. The lowest BCUT2D eigenvalue weighted by Crippen LogP contribution is -1.98. The van der Waals surface area contributed by atoms with Gasteiger partial charge in [0.05, 0.1) is 35.3 Å². The van der Waals surface area contributed by atoms with E-state index in [1.807, 2.05) is 0 Å². The third-order valence-corrected chi connectivity index (χ3v) is 18.2. The van der Waals surface area contributed by atoms with Crippen LogP contribution in [0.2, 0.25) is 0 Å². The molecule has 0 fully saturated rings. The minimum atomic E-state index is 0.745. The van der Waals surface area contributed by atoms with Crippen molar-refractivity contribution in [3.63, 3.8) is 0 Å². The standard InChI is InChI=1S/C80H92N2O2/c1-3-5-7-9-11-13-15-17-19-21-23-25-27-33-55-83-65-49-43-61(44-50-65)71-57-73-74(58-72(71)62-45-51-66(52-46-62)84-56-34-28-26-24-22-20-18-16-14-12-10-8-6-4-2)82-80-70-54-48-64-42-40-60-36-30-32-38-68(60)76(64)78(70)77-69(79(80)81-73)53-47-63-41-39-59-35-29-31-37-67(59)75(63)77/h29-32,35-54,57-58H,3-28,33-34,55-56H2,1-2H3. The van der Waals surface area contributed by atoms with Crippen LogP contribution in [0.15, 0.2) is 158 Å². The molecule has 0 aliphatic heterocycles. The van der Waals surface area contributed by atoms with Crippen LogP contribution in [-0.2, 0) is 0 Å². The molecule has 0 aliphatic carbocycles. The van der Waals surface area contributed by atoms with E-state index in [1.165, 1.54) is 221 Å². The molecule has 0 spiro atoms. The van der Waals surface area contributed by atoms with E-state index in [-0.39, 0.29) is 0 Å². The average molecular weight is 1110 g/mol. The Kier molecular flexibility index (Phi) is 21.1. The number of fused-ring (bicyclic) bond motifs is 15. The van der Waals surface area contributed by atoms with Crippen molar-refractivity contribution >= 4 is 86.7 Å². The summed E-state index contributed by atoms with van der Waals surface area (Å²) >= 11 is 0. The van der Waals surface area contributed by atoms with Crippen molar-refractivity contribution in [2.45, 2.75) is 194 Å². The molecule has 11 rings (SSSR count). The van der Waals surface area contributed by atoms with E-state index in [9.17, 15) is 0 Å². The molecule has 4 nitrogen and oxygen atoms in total. The van der Waals surface area contributed by atoms with E-state index in [4.69, 9.17) is 19.4 Å². The summed E-state index contributed by atoms with van der Waals surface area (Å²) in [6.07, 6.45) is 37.9. The van der Waals surface area contributed by atoms with Crippen molar-refractivity contribution in [2.75, 3.05) is 13.2 Å². The Morgan fingerprint density at radius 3 is 0.940 bits per heavy atom. The zero-order chi connectivity index (χ0) is 57.1. The molecule has 0 aliphatic rings. The van der Waals surface area contributed by atoms with Gasteiger partial charge in [-0.3, -0.25) is 0 Å². The van der Waals surface area contributed by atoms with Crippen molar-refractivity contribution in [3.05, 3.63) is 158 Å². The summed E-state index contributed by atoms with van der Waals surface area (Å²) in [7, 11) is 0. The zero-order valence-corrected chi connectivity index (χ0v) is 50.9. The first-order valence-electron chi connectivity index (χ1n) is 33.4. The SMILES string of the molecule is CCCCCCCCCCCCCCCCOc1ccc(-c2cc3nc4c5ccc6ccc7ccccc7c6c5c5c(ccc6ccc7ccccc7c65)c4nc3cc2-c2ccc(OCCCCCCCCCCCCCCCC)cc2)cc1. The molecular formula is C80H92N2O2. The number of benzene rings is 10. The van der Waals surface area contributed by atoms with Crippen molar-refractivity contribution in [2.24, 2.45) is 0 Å². The van der Waals surface area contributed by atoms with Crippen LogP contribution in [0.5, 0.6) is 11.5 Å². The molecule has 10 aromatic carbocycles. The fourth-order valence-corrected chi connectivity index (χ4v) is 13.5. The molecule has 84 heavy (non-hydrogen) atoms. The molecular weight excluding hydrogens is 1020 g/mol. The Morgan fingerprint density at radius 1 is 0.274 bits per heavy atom. The quantitative estimate of drug-likeness (QED) is 0.0229. The second kappa shape index (κ2) is 30.2. The van der Waals surface area contributed by atoms with Gasteiger partial charge in [-0.15, -0.1) is 0 Å². The molecule has 0 saturated carbocycles. The smallest absolute Gasteiger partial charge is 0.119 e. The maximum Gasteiger partial charge on any atom is 0.119 e. The van der Waals surface area contributed by atoms with Crippen LogP contribution in [0.1, 0.15) is 194 Å². The number of ether oxygens (including phenoxy) is 2. The van der Waals surface area contributed by atoms with Gasteiger partial charge in [0, 0.05) is 21.5 Å². The van der Waals surface area contributed by atoms with Gasteiger partial charge in [0.2, 0.25) is 0 Å². The monoisotopic (exact) mass is 1110 g/mol. The highest BCUT2D eigenvalue weighted by Gasteiger charge is 2.21. The number of hydrogen-bond donors (Lipinski definition) is 0. The van der Waals surface area contributed by atoms with Crippen molar-refractivity contribution < 1.29 is 9.47 Å². The molecule has 0 bridgehead atoms. The van der Waals surface area contributed by atoms with Gasteiger partial charge < -0.3 is 9.47 Å². The molecule has 0 radical (unpaired) electrons. The summed E-state index contributed by atoms with van der Waals surface area (Å²) in [6, 6.07) is 58.0.